The lowest BCUT2D eigenvalue weighted by Crippen LogP contribution is -2.11. The topological polar surface area (TPSA) is 0 Å². The molecule has 0 fully saturated rings. The van der Waals surface area contributed by atoms with Crippen molar-refractivity contribution in [3.05, 3.63) is 0 Å². The van der Waals surface area contributed by atoms with Gasteiger partial charge >= 0.3 is 0 Å². The summed E-state index contributed by atoms with van der Waals surface area (Å²) >= 11 is 0. The fourth-order valence-corrected chi connectivity index (χ4v) is 5.73. The molecule has 0 spiro atoms. The summed E-state index contributed by atoms with van der Waals surface area (Å²) in [6, 6.07) is 4.86. The molecule has 0 saturated heterocycles. The van der Waals surface area contributed by atoms with Crippen LogP contribution in [0.25, 0.3) is 0 Å². The highest BCUT2D eigenvalue weighted by Gasteiger charge is 2.08. The van der Waals surface area contributed by atoms with Crippen molar-refractivity contribution in [3.8, 4) is 0 Å². The van der Waals surface area contributed by atoms with E-state index in [4.69, 9.17) is 0 Å². The van der Waals surface area contributed by atoms with Crippen LogP contribution >= 0.6 is 0 Å². The molecule has 0 aromatic heterocycles. The summed E-state index contributed by atoms with van der Waals surface area (Å²) in [5, 5.41) is 0. The first-order valence-corrected chi connectivity index (χ1v) is 8.80. The third-order valence-electron chi connectivity index (χ3n) is 2.90. The maximum absolute atomic E-state index is 2.32. The Bertz CT molecular complexity index is 75.3. The summed E-state index contributed by atoms with van der Waals surface area (Å²) in [7, 11) is -0.287. The van der Waals surface area contributed by atoms with Gasteiger partial charge in [-0.1, -0.05) is 77.4 Å². The summed E-state index contributed by atoms with van der Waals surface area (Å²) in [5.41, 5.74) is 0. The van der Waals surface area contributed by atoms with Crippen molar-refractivity contribution in [2.75, 3.05) is 0 Å². The van der Waals surface area contributed by atoms with Gasteiger partial charge in [-0.3, -0.25) is 0 Å². The summed E-state index contributed by atoms with van der Waals surface area (Å²) in [5.74, 6) is 0. The highest BCUT2D eigenvalue weighted by molar-refractivity contribution is 6.58. The maximum Gasteiger partial charge on any atom is 0.0367 e. The molecule has 0 N–H and O–H groups in total. The minimum absolute atomic E-state index is 0. The van der Waals surface area contributed by atoms with Crippen LogP contribution in [0.4, 0.5) is 0 Å². The first kappa shape index (κ1) is 16.8. The van der Waals surface area contributed by atoms with Crippen molar-refractivity contribution in [1.82, 2.24) is 0 Å². The smallest absolute Gasteiger partial charge is 0.0367 e. The van der Waals surface area contributed by atoms with Crippen molar-refractivity contribution < 1.29 is 0 Å². The fraction of sp³-hybridized carbons (Fsp3) is 1.00. The van der Waals surface area contributed by atoms with Gasteiger partial charge in [-0.05, 0) is 11.0 Å². The minimum atomic E-state index is -0.287. The van der Waals surface area contributed by atoms with Crippen LogP contribution < -0.4 is 0 Å². The molecule has 88 valence electrons. The van der Waals surface area contributed by atoms with E-state index in [0.29, 0.717) is 0 Å². The Hall–Kier alpha value is 0.434. The second-order valence-electron chi connectivity index (χ2n) is 4.29. The van der Waals surface area contributed by atoms with E-state index < -0.39 is 0 Å². The average molecular weight is 233 g/mol. The quantitative estimate of drug-likeness (QED) is 0.536. The number of hydrogen-bond donors (Lipinski definition) is 0. The van der Waals surface area contributed by atoms with E-state index in [-0.39, 0.29) is 19.8 Å². The zero-order valence-electron chi connectivity index (χ0n) is 9.94. The van der Waals surface area contributed by atoms with Crippen LogP contribution in [-0.4, -0.2) is 19.8 Å². The Kier molecular flexibility index (Phi) is 16.2. The predicted octanol–water partition coefficient (Wildman–Crippen LogP) is 3.16. The first-order chi connectivity index (χ1) is 6.35. The van der Waals surface area contributed by atoms with Gasteiger partial charge in [-0.2, -0.15) is 0 Å². The van der Waals surface area contributed by atoms with E-state index in [0.717, 1.165) is 0 Å². The molecule has 0 saturated carbocycles. The molecule has 0 atom stereocenters. The highest BCUT2D eigenvalue weighted by atomic mass is 28.3. The summed E-state index contributed by atoms with van der Waals surface area (Å²) in [6.45, 7) is 6.97. The van der Waals surface area contributed by atoms with Crippen LogP contribution in [0.2, 0.25) is 18.1 Å². The summed E-state index contributed by atoms with van der Waals surface area (Å²) < 4.78 is 0. The zero-order chi connectivity index (χ0) is 9.94. The second-order valence-corrected chi connectivity index (χ2v) is 7.76. The van der Waals surface area contributed by atoms with Gasteiger partial charge in [0, 0.05) is 8.80 Å². The minimum Gasteiger partial charge on any atom is -0.0654 e. The van der Waals surface area contributed by atoms with Gasteiger partial charge in [0.15, 0.2) is 0 Å². The number of unbranched alkanes of at least 4 members (excludes halogenated alkanes) is 3. The molecule has 0 aromatic carbocycles. The first-order valence-electron chi connectivity index (χ1n) is 6.35. The van der Waals surface area contributed by atoms with Crippen LogP contribution in [0.3, 0.4) is 0 Å². The van der Waals surface area contributed by atoms with Crippen LogP contribution in [0.15, 0.2) is 0 Å². The normalized spacial score (nSPS) is 10.3. The molecule has 0 aliphatic carbocycles. The van der Waals surface area contributed by atoms with Crippen molar-refractivity contribution in [2.45, 2.75) is 77.4 Å². The lowest BCUT2D eigenvalue weighted by atomic mass is 10.4. The molecule has 0 heterocycles. The van der Waals surface area contributed by atoms with Crippen molar-refractivity contribution in [3.63, 3.8) is 0 Å². The average Bonchev–Trinajstić information content (AvgIpc) is 2.17. The number of hydrogen-bond acceptors (Lipinski definition) is 0. The fourth-order valence-electron chi connectivity index (χ4n) is 1.91. The van der Waals surface area contributed by atoms with Crippen LogP contribution in [-0.2, 0) is 0 Å². The Morgan fingerprint density at radius 3 is 1.14 bits per heavy atom. The molecule has 0 aliphatic rings. The van der Waals surface area contributed by atoms with E-state index in [1.807, 2.05) is 0 Å². The van der Waals surface area contributed by atoms with E-state index in [1.165, 1.54) is 38.5 Å². The molecule has 0 bridgehead atoms. The van der Waals surface area contributed by atoms with Gasteiger partial charge < -0.3 is 0 Å². The Morgan fingerprint density at radius 2 is 0.929 bits per heavy atom. The van der Waals surface area contributed by atoms with Gasteiger partial charge in [0.1, 0.15) is 0 Å². The standard InChI is InChI=1S/C12H28Si.H4Si/c1-4-7-10-13(11-8-5-2)12-9-6-3;/h13H,4-12H2,1-3H3;1H4. The molecule has 0 rings (SSSR count). The van der Waals surface area contributed by atoms with E-state index in [2.05, 4.69) is 20.8 Å². The molecule has 0 aliphatic heterocycles. The molecule has 0 nitrogen and oxygen atoms in total. The lowest BCUT2D eigenvalue weighted by molar-refractivity contribution is 0.812. The molecule has 0 radical (unpaired) electrons. The Morgan fingerprint density at radius 1 is 0.643 bits per heavy atom. The highest BCUT2D eigenvalue weighted by Crippen LogP contribution is 2.16. The van der Waals surface area contributed by atoms with Crippen molar-refractivity contribution in [1.29, 1.82) is 0 Å². The summed E-state index contributed by atoms with van der Waals surface area (Å²) in [6.07, 6.45) is 8.73. The predicted molar refractivity (Wildman–Crippen MR) is 77.6 cm³/mol. The van der Waals surface area contributed by atoms with Crippen LogP contribution in [0, 0.1) is 0 Å². The number of rotatable bonds is 9. The third-order valence-corrected chi connectivity index (χ3v) is 6.57. The van der Waals surface area contributed by atoms with Crippen LogP contribution in [0.5, 0.6) is 0 Å². The van der Waals surface area contributed by atoms with Gasteiger partial charge in [0.2, 0.25) is 0 Å². The second kappa shape index (κ2) is 13.4. The third kappa shape index (κ3) is 10.5. The maximum atomic E-state index is 2.32. The molecular weight excluding hydrogens is 200 g/mol. The van der Waals surface area contributed by atoms with Crippen molar-refractivity contribution in [2.24, 2.45) is 0 Å². The summed E-state index contributed by atoms with van der Waals surface area (Å²) in [4.78, 5) is 0. The molecule has 0 unspecified atom stereocenters. The molecule has 14 heavy (non-hydrogen) atoms. The lowest BCUT2D eigenvalue weighted by Gasteiger charge is -2.13. The molecule has 0 amide bonds. The largest absolute Gasteiger partial charge is 0.0654 e. The van der Waals surface area contributed by atoms with Gasteiger partial charge in [0.25, 0.3) is 0 Å². The SMILES string of the molecule is CCCC[SiH](CCCC)CCCC.[SiH4]. The van der Waals surface area contributed by atoms with E-state index in [9.17, 15) is 0 Å². The molecule has 2 heteroatoms. The Labute approximate surface area is 97.5 Å². The monoisotopic (exact) mass is 232 g/mol. The van der Waals surface area contributed by atoms with Crippen LogP contribution in [0.1, 0.15) is 59.3 Å². The van der Waals surface area contributed by atoms with Gasteiger partial charge in [-0.15, -0.1) is 0 Å². The zero-order valence-corrected chi connectivity index (χ0v) is 11.1. The van der Waals surface area contributed by atoms with Crippen molar-refractivity contribution >= 4 is 19.8 Å². The van der Waals surface area contributed by atoms with Gasteiger partial charge in [-0.25, -0.2) is 0 Å². The van der Waals surface area contributed by atoms with E-state index in [1.54, 1.807) is 18.1 Å². The Balaban J connectivity index is 0. The van der Waals surface area contributed by atoms with E-state index >= 15 is 0 Å². The molecular formula is C12H32Si2. The molecule has 0 aromatic rings. The van der Waals surface area contributed by atoms with Gasteiger partial charge in [0.05, 0.1) is 0 Å².